The minimum Gasteiger partial charge on any atom is -0.496 e. The van der Waals surface area contributed by atoms with Crippen molar-refractivity contribution in [2.24, 2.45) is 0 Å². The summed E-state index contributed by atoms with van der Waals surface area (Å²) in [4.78, 5) is 11.2. The van der Waals surface area contributed by atoms with Crippen molar-refractivity contribution in [3.63, 3.8) is 0 Å². The van der Waals surface area contributed by atoms with E-state index in [0.717, 1.165) is 24.0 Å². The zero-order valence-electron chi connectivity index (χ0n) is 11.5. The lowest BCUT2D eigenvalue weighted by atomic mass is 10.1. The lowest BCUT2D eigenvalue weighted by Crippen LogP contribution is -2.04. The van der Waals surface area contributed by atoms with Gasteiger partial charge >= 0.3 is 0 Å². The Labute approximate surface area is 113 Å². The van der Waals surface area contributed by atoms with Crippen LogP contribution in [0, 0.1) is 0 Å². The van der Waals surface area contributed by atoms with Crippen LogP contribution in [0.4, 0.5) is 0 Å². The molecule has 0 aliphatic heterocycles. The summed E-state index contributed by atoms with van der Waals surface area (Å²) in [7, 11) is 1.62. The maximum absolute atomic E-state index is 11.2. The Bertz CT molecular complexity index is 575. The van der Waals surface area contributed by atoms with Crippen molar-refractivity contribution in [2.45, 2.75) is 26.3 Å². The van der Waals surface area contributed by atoms with Crippen molar-refractivity contribution >= 4 is 6.29 Å². The first kappa shape index (κ1) is 13.3. The van der Waals surface area contributed by atoms with Crippen LogP contribution in [0.1, 0.15) is 36.7 Å². The molecule has 100 valence electrons. The first-order valence-electron chi connectivity index (χ1n) is 6.39. The Kier molecular flexibility index (Phi) is 4.00. The number of hydrogen-bond donors (Lipinski definition) is 0. The first-order valence-corrected chi connectivity index (χ1v) is 6.39. The predicted octanol–water partition coefficient (Wildman–Crippen LogP) is 3.34. The zero-order valence-corrected chi connectivity index (χ0v) is 11.5. The van der Waals surface area contributed by atoms with Crippen molar-refractivity contribution in [3.05, 3.63) is 36.0 Å². The van der Waals surface area contributed by atoms with Gasteiger partial charge in [0.25, 0.3) is 0 Å². The first-order chi connectivity index (χ1) is 9.21. The molecule has 1 heterocycles. The fourth-order valence-electron chi connectivity index (χ4n) is 1.95. The fraction of sp³-hybridized carbons (Fsp3) is 0.333. The van der Waals surface area contributed by atoms with Gasteiger partial charge in [-0.2, -0.15) is 5.10 Å². The van der Waals surface area contributed by atoms with E-state index in [4.69, 9.17) is 4.74 Å². The zero-order chi connectivity index (χ0) is 13.8. The highest BCUT2D eigenvalue weighted by Gasteiger charge is 2.16. The standard InChI is InChI=1S/C15H18N2O2/c1-4-11(2)17-9-12(10-18)15(16-17)13-7-5-6-8-14(13)19-3/h5-11H,4H2,1-3H3. The van der Waals surface area contributed by atoms with Gasteiger partial charge < -0.3 is 4.74 Å². The summed E-state index contributed by atoms with van der Waals surface area (Å²) in [6.45, 7) is 4.17. The molecule has 0 fully saturated rings. The Morgan fingerprint density at radius 1 is 1.42 bits per heavy atom. The number of rotatable bonds is 5. The summed E-state index contributed by atoms with van der Waals surface area (Å²) in [6, 6.07) is 7.85. The number of ether oxygens (including phenoxy) is 1. The molecule has 0 N–H and O–H groups in total. The molecule has 1 unspecified atom stereocenters. The second-order valence-electron chi connectivity index (χ2n) is 4.49. The third kappa shape index (κ3) is 2.52. The second kappa shape index (κ2) is 5.69. The van der Waals surface area contributed by atoms with Crippen LogP contribution in [0.2, 0.25) is 0 Å². The molecule has 0 radical (unpaired) electrons. The van der Waals surface area contributed by atoms with E-state index in [9.17, 15) is 4.79 Å². The molecule has 0 spiro atoms. The molecule has 1 atom stereocenters. The number of methoxy groups -OCH3 is 1. The SMILES string of the molecule is CCC(C)n1cc(C=O)c(-c2ccccc2OC)n1. The van der Waals surface area contributed by atoms with Gasteiger partial charge in [-0.3, -0.25) is 9.48 Å². The van der Waals surface area contributed by atoms with Crippen LogP contribution in [0.5, 0.6) is 5.75 Å². The third-order valence-corrected chi connectivity index (χ3v) is 3.29. The van der Waals surface area contributed by atoms with Gasteiger partial charge in [0.1, 0.15) is 11.4 Å². The molecular formula is C15H18N2O2. The molecule has 1 aromatic heterocycles. The normalized spacial score (nSPS) is 12.2. The largest absolute Gasteiger partial charge is 0.496 e. The van der Waals surface area contributed by atoms with Crippen LogP contribution < -0.4 is 4.74 Å². The fourth-order valence-corrected chi connectivity index (χ4v) is 1.95. The van der Waals surface area contributed by atoms with Crippen LogP contribution in [0.25, 0.3) is 11.3 Å². The smallest absolute Gasteiger partial charge is 0.153 e. The molecule has 19 heavy (non-hydrogen) atoms. The van der Waals surface area contributed by atoms with E-state index in [1.165, 1.54) is 0 Å². The van der Waals surface area contributed by atoms with E-state index >= 15 is 0 Å². The molecule has 0 bridgehead atoms. The number of aromatic nitrogens is 2. The van der Waals surface area contributed by atoms with Crippen molar-refractivity contribution in [1.29, 1.82) is 0 Å². The summed E-state index contributed by atoms with van der Waals surface area (Å²) in [5, 5.41) is 4.54. The number of aldehydes is 1. The summed E-state index contributed by atoms with van der Waals surface area (Å²) in [6.07, 6.45) is 3.60. The van der Waals surface area contributed by atoms with Gasteiger partial charge in [0.05, 0.1) is 12.7 Å². The van der Waals surface area contributed by atoms with E-state index in [2.05, 4.69) is 18.9 Å². The molecule has 4 heteroatoms. The summed E-state index contributed by atoms with van der Waals surface area (Å²) in [5.41, 5.74) is 2.10. The number of hydrogen-bond acceptors (Lipinski definition) is 3. The van der Waals surface area contributed by atoms with Crippen molar-refractivity contribution in [3.8, 4) is 17.0 Å². The maximum Gasteiger partial charge on any atom is 0.153 e. The topological polar surface area (TPSA) is 44.1 Å². The molecule has 0 amide bonds. The lowest BCUT2D eigenvalue weighted by Gasteiger charge is -2.09. The van der Waals surface area contributed by atoms with E-state index in [1.807, 2.05) is 28.9 Å². The molecule has 0 saturated carbocycles. The Morgan fingerprint density at radius 3 is 2.79 bits per heavy atom. The van der Waals surface area contributed by atoms with Gasteiger partial charge in [-0.1, -0.05) is 19.1 Å². The minimum atomic E-state index is 0.266. The third-order valence-electron chi connectivity index (χ3n) is 3.29. The molecule has 0 aliphatic carbocycles. The highest BCUT2D eigenvalue weighted by atomic mass is 16.5. The van der Waals surface area contributed by atoms with E-state index < -0.39 is 0 Å². The van der Waals surface area contributed by atoms with Crippen LogP contribution in [-0.2, 0) is 0 Å². The van der Waals surface area contributed by atoms with Crippen molar-refractivity contribution in [1.82, 2.24) is 9.78 Å². The Morgan fingerprint density at radius 2 is 2.16 bits per heavy atom. The number of nitrogens with zero attached hydrogens (tertiary/aromatic N) is 2. The highest BCUT2D eigenvalue weighted by Crippen LogP contribution is 2.31. The minimum absolute atomic E-state index is 0.266. The number of para-hydroxylation sites is 1. The lowest BCUT2D eigenvalue weighted by molar-refractivity contribution is 0.112. The molecule has 0 aliphatic rings. The average Bonchev–Trinajstić information content (AvgIpc) is 2.90. The van der Waals surface area contributed by atoms with E-state index in [-0.39, 0.29) is 6.04 Å². The van der Waals surface area contributed by atoms with Crippen molar-refractivity contribution in [2.75, 3.05) is 7.11 Å². The monoisotopic (exact) mass is 258 g/mol. The molecule has 0 saturated heterocycles. The van der Waals surface area contributed by atoms with Gasteiger partial charge in [-0.25, -0.2) is 0 Å². The second-order valence-corrected chi connectivity index (χ2v) is 4.49. The van der Waals surface area contributed by atoms with Gasteiger partial charge in [0, 0.05) is 17.8 Å². The molecule has 2 rings (SSSR count). The molecule has 4 nitrogen and oxygen atoms in total. The predicted molar refractivity (Wildman–Crippen MR) is 74.6 cm³/mol. The number of carbonyl (C=O) groups excluding carboxylic acids is 1. The van der Waals surface area contributed by atoms with Crippen LogP contribution in [-0.4, -0.2) is 23.2 Å². The summed E-state index contributed by atoms with van der Waals surface area (Å²) in [5.74, 6) is 0.722. The van der Waals surface area contributed by atoms with Crippen LogP contribution >= 0.6 is 0 Å². The summed E-state index contributed by atoms with van der Waals surface area (Å²) < 4.78 is 7.17. The van der Waals surface area contributed by atoms with E-state index in [0.29, 0.717) is 11.3 Å². The van der Waals surface area contributed by atoms with Gasteiger partial charge in [-0.05, 0) is 25.5 Å². The molecular weight excluding hydrogens is 240 g/mol. The number of carbonyl (C=O) groups is 1. The molecule has 1 aromatic carbocycles. The van der Waals surface area contributed by atoms with Gasteiger partial charge in [0.15, 0.2) is 6.29 Å². The van der Waals surface area contributed by atoms with Gasteiger partial charge in [0.2, 0.25) is 0 Å². The average molecular weight is 258 g/mol. The quantitative estimate of drug-likeness (QED) is 0.772. The van der Waals surface area contributed by atoms with Crippen LogP contribution in [0.3, 0.4) is 0 Å². The number of benzene rings is 1. The Balaban J connectivity index is 2.55. The van der Waals surface area contributed by atoms with Crippen molar-refractivity contribution < 1.29 is 9.53 Å². The summed E-state index contributed by atoms with van der Waals surface area (Å²) >= 11 is 0. The molecule has 2 aromatic rings. The van der Waals surface area contributed by atoms with E-state index in [1.54, 1.807) is 13.3 Å². The maximum atomic E-state index is 11.2. The Hall–Kier alpha value is -2.10. The highest BCUT2D eigenvalue weighted by molar-refractivity contribution is 5.87. The van der Waals surface area contributed by atoms with Crippen LogP contribution in [0.15, 0.2) is 30.5 Å². The van der Waals surface area contributed by atoms with Gasteiger partial charge in [-0.15, -0.1) is 0 Å².